The van der Waals surface area contributed by atoms with E-state index in [4.69, 9.17) is 4.74 Å². The minimum absolute atomic E-state index is 0.193. The molecule has 2 atom stereocenters. The maximum atomic E-state index is 12.5. The summed E-state index contributed by atoms with van der Waals surface area (Å²) in [5, 5.41) is 0. The van der Waals surface area contributed by atoms with E-state index in [1.54, 1.807) is 12.2 Å². The van der Waals surface area contributed by atoms with Crippen LogP contribution in [-0.4, -0.2) is 18.9 Å². The van der Waals surface area contributed by atoms with Crippen molar-refractivity contribution in [3.05, 3.63) is 54.6 Å². The number of carbonyl (C=O) groups is 2. The quantitative estimate of drug-likeness (QED) is 0.211. The molecule has 3 nitrogen and oxygen atoms in total. The van der Waals surface area contributed by atoms with Gasteiger partial charge in [-0.1, -0.05) is 68.7 Å². The maximum Gasteiger partial charge on any atom is 0.317 e. The monoisotopic (exact) mass is 314 g/mol. The summed E-state index contributed by atoms with van der Waals surface area (Å²) in [5.74, 6) is -1.73. The third kappa shape index (κ3) is 6.23. The molecule has 0 amide bonds. The first-order valence-corrected chi connectivity index (χ1v) is 8.11. The van der Waals surface area contributed by atoms with Crippen LogP contribution in [0, 0.1) is 11.8 Å². The first-order valence-electron chi connectivity index (χ1n) is 8.11. The Balaban J connectivity index is 2.86. The van der Waals surface area contributed by atoms with E-state index in [0.29, 0.717) is 0 Å². The van der Waals surface area contributed by atoms with Crippen molar-refractivity contribution in [3.8, 4) is 0 Å². The molecule has 0 N–H and O–H groups in total. The van der Waals surface area contributed by atoms with E-state index >= 15 is 0 Å². The van der Waals surface area contributed by atoms with Gasteiger partial charge in [-0.3, -0.25) is 9.59 Å². The van der Waals surface area contributed by atoms with Gasteiger partial charge in [0.25, 0.3) is 0 Å². The molecule has 0 aliphatic heterocycles. The van der Waals surface area contributed by atoms with Gasteiger partial charge in [0.05, 0.1) is 7.11 Å². The number of esters is 1. The molecule has 124 valence electrons. The second-order valence-corrected chi connectivity index (χ2v) is 5.54. The normalized spacial score (nSPS) is 13.5. The highest BCUT2D eigenvalue weighted by Crippen LogP contribution is 2.23. The zero-order valence-electron chi connectivity index (χ0n) is 14.0. The SMILES string of the molecule is C=CC(CCCCC)C(C(=O)/C=C/c1ccccc1)C(=O)OC. The van der Waals surface area contributed by atoms with E-state index in [-0.39, 0.29) is 11.7 Å². The number of allylic oxidation sites excluding steroid dienone is 2. The first-order chi connectivity index (χ1) is 11.1. The van der Waals surface area contributed by atoms with E-state index in [2.05, 4.69) is 13.5 Å². The lowest BCUT2D eigenvalue weighted by Crippen LogP contribution is -2.30. The molecule has 0 heterocycles. The fourth-order valence-corrected chi connectivity index (χ4v) is 2.53. The molecular weight excluding hydrogens is 288 g/mol. The average molecular weight is 314 g/mol. The highest BCUT2D eigenvalue weighted by molar-refractivity contribution is 6.07. The van der Waals surface area contributed by atoms with Crippen molar-refractivity contribution >= 4 is 17.8 Å². The van der Waals surface area contributed by atoms with Gasteiger partial charge in [-0.15, -0.1) is 6.58 Å². The third-order valence-corrected chi connectivity index (χ3v) is 3.87. The number of ether oxygens (including phenoxy) is 1. The van der Waals surface area contributed by atoms with E-state index < -0.39 is 11.9 Å². The molecule has 1 aromatic carbocycles. The Labute approximate surface area is 139 Å². The Morgan fingerprint density at radius 2 is 1.91 bits per heavy atom. The van der Waals surface area contributed by atoms with Crippen LogP contribution in [-0.2, 0) is 14.3 Å². The first kappa shape index (κ1) is 18.9. The number of hydrogen-bond donors (Lipinski definition) is 0. The van der Waals surface area contributed by atoms with Crippen LogP contribution in [0.5, 0.6) is 0 Å². The summed E-state index contributed by atoms with van der Waals surface area (Å²) in [7, 11) is 1.32. The van der Waals surface area contributed by atoms with Crippen LogP contribution in [0.25, 0.3) is 6.08 Å². The lowest BCUT2D eigenvalue weighted by atomic mass is 9.84. The van der Waals surface area contributed by atoms with Gasteiger partial charge in [-0.05, 0) is 24.0 Å². The Kier molecular flexibility index (Phi) is 8.66. The van der Waals surface area contributed by atoms with Gasteiger partial charge in [0.15, 0.2) is 5.78 Å². The molecule has 0 aliphatic rings. The molecule has 2 unspecified atom stereocenters. The van der Waals surface area contributed by atoms with Gasteiger partial charge in [0.2, 0.25) is 0 Å². The van der Waals surface area contributed by atoms with Gasteiger partial charge >= 0.3 is 5.97 Å². The predicted molar refractivity (Wildman–Crippen MR) is 93.8 cm³/mol. The Morgan fingerprint density at radius 3 is 2.48 bits per heavy atom. The molecule has 0 radical (unpaired) electrons. The van der Waals surface area contributed by atoms with Gasteiger partial charge in [0.1, 0.15) is 5.92 Å². The summed E-state index contributed by atoms with van der Waals surface area (Å²) < 4.78 is 4.83. The number of methoxy groups -OCH3 is 1. The number of rotatable bonds is 10. The van der Waals surface area contributed by atoms with Crippen LogP contribution < -0.4 is 0 Å². The van der Waals surface area contributed by atoms with Crippen LogP contribution in [0.3, 0.4) is 0 Å². The fraction of sp³-hybridized carbons (Fsp3) is 0.400. The fourth-order valence-electron chi connectivity index (χ4n) is 2.53. The number of carbonyl (C=O) groups excluding carboxylic acids is 2. The zero-order chi connectivity index (χ0) is 17.1. The summed E-state index contributed by atoms with van der Waals surface area (Å²) in [6.07, 6.45) is 8.79. The van der Waals surface area contributed by atoms with Crippen LogP contribution >= 0.6 is 0 Å². The Hall–Kier alpha value is -2.16. The molecule has 0 saturated heterocycles. The molecule has 0 fully saturated rings. The largest absolute Gasteiger partial charge is 0.468 e. The smallest absolute Gasteiger partial charge is 0.317 e. The van der Waals surface area contributed by atoms with E-state index in [9.17, 15) is 9.59 Å². The second-order valence-electron chi connectivity index (χ2n) is 5.54. The minimum Gasteiger partial charge on any atom is -0.468 e. The molecule has 0 bridgehead atoms. The Bertz CT molecular complexity index is 531. The van der Waals surface area contributed by atoms with E-state index in [1.807, 2.05) is 30.3 Å². The number of unbranched alkanes of at least 4 members (excludes halogenated alkanes) is 2. The Morgan fingerprint density at radius 1 is 1.22 bits per heavy atom. The van der Waals surface area contributed by atoms with Crippen molar-refractivity contribution in [1.29, 1.82) is 0 Å². The van der Waals surface area contributed by atoms with Crippen molar-refractivity contribution in [3.63, 3.8) is 0 Å². The average Bonchev–Trinajstić information content (AvgIpc) is 2.59. The van der Waals surface area contributed by atoms with Crippen molar-refractivity contribution in [1.82, 2.24) is 0 Å². The maximum absolute atomic E-state index is 12.5. The predicted octanol–water partition coefficient (Wildman–Crippen LogP) is 4.44. The number of ketones is 1. The lowest BCUT2D eigenvalue weighted by Gasteiger charge is -2.20. The van der Waals surface area contributed by atoms with Crippen molar-refractivity contribution in [2.75, 3.05) is 7.11 Å². The zero-order valence-corrected chi connectivity index (χ0v) is 14.0. The molecule has 1 rings (SSSR count). The number of hydrogen-bond acceptors (Lipinski definition) is 3. The summed E-state index contributed by atoms with van der Waals surface area (Å²) >= 11 is 0. The van der Waals surface area contributed by atoms with Crippen molar-refractivity contribution in [2.24, 2.45) is 11.8 Å². The molecular formula is C20H26O3. The van der Waals surface area contributed by atoms with Crippen LogP contribution in [0.2, 0.25) is 0 Å². The van der Waals surface area contributed by atoms with Gasteiger partial charge < -0.3 is 4.74 Å². The molecule has 0 aromatic heterocycles. The third-order valence-electron chi connectivity index (χ3n) is 3.87. The summed E-state index contributed by atoms with van der Waals surface area (Å²) in [6, 6.07) is 9.53. The summed E-state index contributed by atoms with van der Waals surface area (Å²) in [6.45, 7) is 5.91. The van der Waals surface area contributed by atoms with E-state index in [0.717, 1.165) is 31.2 Å². The number of benzene rings is 1. The molecule has 0 spiro atoms. The molecule has 0 saturated carbocycles. The molecule has 23 heavy (non-hydrogen) atoms. The molecule has 3 heteroatoms. The lowest BCUT2D eigenvalue weighted by molar-refractivity contribution is -0.149. The highest BCUT2D eigenvalue weighted by Gasteiger charge is 2.32. The van der Waals surface area contributed by atoms with Crippen molar-refractivity contribution in [2.45, 2.75) is 32.6 Å². The summed E-state index contributed by atoms with van der Waals surface area (Å²) in [5.41, 5.74) is 0.922. The highest BCUT2D eigenvalue weighted by atomic mass is 16.5. The summed E-state index contributed by atoms with van der Waals surface area (Å²) in [4.78, 5) is 24.6. The second kappa shape index (κ2) is 10.5. The van der Waals surface area contributed by atoms with E-state index in [1.165, 1.54) is 13.2 Å². The topological polar surface area (TPSA) is 43.4 Å². The molecule has 0 aliphatic carbocycles. The van der Waals surface area contributed by atoms with Gasteiger partial charge in [-0.25, -0.2) is 0 Å². The van der Waals surface area contributed by atoms with Crippen molar-refractivity contribution < 1.29 is 14.3 Å². The standard InChI is InChI=1S/C20H26O3/c1-4-6-8-13-17(5-2)19(20(22)23-3)18(21)15-14-16-11-9-7-10-12-16/h5,7,9-12,14-15,17,19H,2,4,6,8,13H2,1,3H3/b15-14+. The van der Waals surface area contributed by atoms with Gasteiger partial charge in [0, 0.05) is 0 Å². The molecule has 1 aromatic rings. The van der Waals surface area contributed by atoms with Crippen LogP contribution in [0.15, 0.2) is 49.1 Å². The van der Waals surface area contributed by atoms with Crippen LogP contribution in [0.4, 0.5) is 0 Å². The van der Waals surface area contributed by atoms with Gasteiger partial charge in [-0.2, -0.15) is 0 Å². The minimum atomic E-state index is -0.811. The van der Waals surface area contributed by atoms with Crippen LogP contribution in [0.1, 0.15) is 38.2 Å².